The molecule has 0 spiro atoms. The fourth-order valence-electron chi connectivity index (χ4n) is 3.93. The molecule has 1 fully saturated rings. The minimum absolute atomic E-state index is 0.274. The van der Waals surface area contributed by atoms with Crippen molar-refractivity contribution >= 4 is 17.0 Å². The maximum Gasteiger partial charge on any atom is 0.206 e. The number of benzene rings is 1. The van der Waals surface area contributed by atoms with E-state index in [1.807, 2.05) is 30.6 Å². The average molecular weight is 336 g/mol. The Hall–Kier alpha value is -2.56. The molecule has 5 heteroatoms. The van der Waals surface area contributed by atoms with Crippen LogP contribution in [-0.2, 0) is 7.05 Å². The van der Waals surface area contributed by atoms with Crippen molar-refractivity contribution in [2.75, 3.05) is 18.6 Å². The van der Waals surface area contributed by atoms with Crippen molar-refractivity contribution in [2.45, 2.75) is 25.8 Å². The SMILES string of the molecule is COc1ccccc1C1CCC(C)CN1c1nc2cnccc2n1C. The molecular formula is C20H24N4O. The van der Waals surface area contributed by atoms with Crippen LogP contribution in [0.3, 0.4) is 0 Å². The summed E-state index contributed by atoms with van der Waals surface area (Å²) in [5, 5.41) is 0. The predicted molar refractivity (Wildman–Crippen MR) is 100.0 cm³/mol. The second kappa shape index (κ2) is 6.39. The monoisotopic (exact) mass is 336 g/mol. The van der Waals surface area contributed by atoms with Gasteiger partial charge in [0.25, 0.3) is 0 Å². The summed E-state index contributed by atoms with van der Waals surface area (Å²) >= 11 is 0. The lowest BCUT2D eigenvalue weighted by Gasteiger charge is -2.40. The fourth-order valence-corrected chi connectivity index (χ4v) is 3.93. The van der Waals surface area contributed by atoms with Crippen LogP contribution in [0.25, 0.3) is 11.0 Å². The highest BCUT2D eigenvalue weighted by Crippen LogP contribution is 2.40. The van der Waals surface area contributed by atoms with Crippen LogP contribution < -0.4 is 9.64 Å². The molecule has 0 N–H and O–H groups in total. The number of hydrogen-bond donors (Lipinski definition) is 0. The maximum atomic E-state index is 5.63. The van der Waals surface area contributed by atoms with Gasteiger partial charge < -0.3 is 14.2 Å². The molecule has 1 aliphatic rings. The molecule has 5 nitrogen and oxygen atoms in total. The van der Waals surface area contributed by atoms with E-state index < -0.39 is 0 Å². The summed E-state index contributed by atoms with van der Waals surface area (Å²) in [4.78, 5) is 11.5. The van der Waals surface area contributed by atoms with Crippen molar-refractivity contribution in [3.05, 3.63) is 48.3 Å². The van der Waals surface area contributed by atoms with Crippen LogP contribution in [0.15, 0.2) is 42.7 Å². The maximum absolute atomic E-state index is 5.63. The lowest BCUT2D eigenvalue weighted by atomic mass is 9.90. The summed E-state index contributed by atoms with van der Waals surface area (Å²) in [7, 11) is 3.83. The van der Waals surface area contributed by atoms with Gasteiger partial charge in [0.2, 0.25) is 5.95 Å². The van der Waals surface area contributed by atoms with Crippen molar-refractivity contribution in [1.29, 1.82) is 0 Å². The first kappa shape index (κ1) is 15.9. The van der Waals surface area contributed by atoms with Gasteiger partial charge in [-0.3, -0.25) is 4.98 Å². The van der Waals surface area contributed by atoms with Crippen LogP contribution in [0.4, 0.5) is 5.95 Å². The highest BCUT2D eigenvalue weighted by molar-refractivity contribution is 5.77. The number of ether oxygens (including phenoxy) is 1. The molecule has 2 aromatic heterocycles. The molecule has 0 saturated carbocycles. The second-order valence-corrected chi connectivity index (χ2v) is 6.93. The number of aromatic nitrogens is 3. The molecule has 130 valence electrons. The zero-order valence-electron chi connectivity index (χ0n) is 15.0. The number of nitrogens with zero attached hydrogens (tertiary/aromatic N) is 4. The highest BCUT2D eigenvalue weighted by Gasteiger charge is 2.32. The summed E-state index contributed by atoms with van der Waals surface area (Å²) in [6, 6.07) is 10.6. The van der Waals surface area contributed by atoms with E-state index in [-0.39, 0.29) is 6.04 Å². The third kappa shape index (κ3) is 2.73. The van der Waals surface area contributed by atoms with Crippen molar-refractivity contribution in [2.24, 2.45) is 13.0 Å². The van der Waals surface area contributed by atoms with E-state index >= 15 is 0 Å². The molecule has 0 radical (unpaired) electrons. The minimum atomic E-state index is 0.274. The standard InChI is InChI=1S/C20H24N4O/c1-14-8-9-17(15-6-4-5-7-19(15)25-3)24(13-14)20-22-16-12-21-11-10-18(16)23(20)2/h4-7,10-12,14,17H,8-9,13H2,1-3H3. The number of rotatable bonds is 3. The number of fused-ring (bicyclic) bond motifs is 1. The quantitative estimate of drug-likeness (QED) is 0.726. The van der Waals surface area contributed by atoms with Crippen LogP contribution in [-0.4, -0.2) is 28.2 Å². The summed E-state index contributed by atoms with van der Waals surface area (Å²) in [6.45, 7) is 3.31. The van der Waals surface area contributed by atoms with Crippen molar-refractivity contribution in [1.82, 2.24) is 14.5 Å². The summed E-state index contributed by atoms with van der Waals surface area (Å²) in [6.07, 6.45) is 5.97. The topological polar surface area (TPSA) is 43.2 Å². The Balaban J connectivity index is 1.82. The third-order valence-corrected chi connectivity index (χ3v) is 5.23. The van der Waals surface area contributed by atoms with E-state index in [1.54, 1.807) is 7.11 Å². The lowest BCUT2D eigenvalue weighted by molar-refractivity contribution is 0.357. The van der Waals surface area contributed by atoms with Crippen LogP contribution in [0.2, 0.25) is 0 Å². The Labute approximate surface area is 148 Å². The van der Waals surface area contributed by atoms with E-state index in [0.717, 1.165) is 35.7 Å². The van der Waals surface area contributed by atoms with Gasteiger partial charge in [0.1, 0.15) is 11.3 Å². The van der Waals surface area contributed by atoms with Gasteiger partial charge in [-0.05, 0) is 30.9 Å². The molecule has 2 unspecified atom stereocenters. The number of aryl methyl sites for hydroxylation is 1. The van der Waals surface area contributed by atoms with E-state index in [0.29, 0.717) is 5.92 Å². The first-order valence-corrected chi connectivity index (χ1v) is 8.85. The molecule has 3 heterocycles. The number of anilines is 1. The van der Waals surface area contributed by atoms with E-state index in [2.05, 4.69) is 40.6 Å². The Bertz CT molecular complexity index is 888. The molecule has 4 rings (SSSR count). The van der Waals surface area contributed by atoms with Crippen LogP contribution in [0.5, 0.6) is 5.75 Å². The zero-order chi connectivity index (χ0) is 17.4. The Morgan fingerprint density at radius 2 is 2.00 bits per heavy atom. The van der Waals surface area contributed by atoms with Gasteiger partial charge >= 0.3 is 0 Å². The Morgan fingerprint density at radius 3 is 2.80 bits per heavy atom. The van der Waals surface area contributed by atoms with Crippen LogP contribution in [0.1, 0.15) is 31.4 Å². The predicted octanol–water partition coefficient (Wildman–Crippen LogP) is 3.95. The molecule has 0 aliphatic carbocycles. The van der Waals surface area contributed by atoms with Crippen molar-refractivity contribution in [3.8, 4) is 5.75 Å². The number of piperidine rings is 1. The van der Waals surface area contributed by atoms with E-state index in [4.69, 9.17) is 9.72 Å². The first-order valence-electron chi connectivity index (χ1n) is 8.85. The van der Waals surface area contributed by atoms with Gasteiger partial charge in [-0.2, -0.15) is 0 Å². The van der Waals surface area contributed by atoms with Gasteiger partial charge in [0.05, 0.1) is 24.9 Å². The molecule has 1 aliphatic heterocycles. The van der Waals surface area contributed by atoms with Crippen LogP contribution >= 0.6 is 0 Å². The van der Waals surface area contributed by atoms with Crippen LogP contribution in [0, 0.1) is 5.92 Å². The van der Waals surface area contributed by atoms with Crippen molar-refractivity contribution in [3.63, 3.8) is 0 Å². The molecule has 3 aromatic rings. The molecule has 0 bridgehead atoms. The summed E-state index contributed by atoms with van der Waals surface area (Å²) in [5.74, 6) is 2.60. The number of imidazole rings is 1. The van der Waals surface area contributed by atoms with Gasteiger partial charge in [-0.25, -0.2) is 4.98 Å². The minimum Gasteiger partial charge on any atom is -0.496 e. The third-order valence-electron chi connectivity index (χ3n) is 5.23. The van der Waals surface area contributed by atoms with E-state index in [9.17, 15) is 0 Å². The Morgan fingerprint density at radius 1 is 1.16 bits per heavy atom. The molecule has 2 atom stereocenters. The normalized spacial score (nSPS) is 20.8. The number of para-hydroxylation sites is 1. The second-order valence-electron chi connectivity index (χ2n) is 6.93. The largest absolute Gasteiger partial charge is 0.496 e. The molecule has 0 amide bonds. The lowest BCUT2D eigenvalue weighted by Crippen LogP contribution is -2.39. The number of hydrogen-bond acceptors (Lipinski definition) is 4. The van der Waals surface area contributed by atoms with E-state index in [1.165, 1.54) is 12.0 Å². The number of pyridine rings is 1. The zero-order valence-corrected chi connectivity index (χ0v) is 15.0. The number of methoxy groups -OCH3 is 1. The van der Waals surface area contributed by atoms with Gasteiger partial charge in [0, 0.05) is 25.4 Å². The molecule has 25 heavy (non-hydrogen) atoms. The summed E-state index contributed by atoms with van der Waals surface area (Å²) in [5.41, 5.74) is 3.29. The first-order chi connectivity index (χ1) is 12.2. The average Bonchev–Trinajstić information content (AvgIpc) is 2.99. The Kier molecular flexibility index (Phi) is 4.07. The van der Waals surface area contributed by atoms with Crippen molar-refractivity contribution < 1.29 is 4.74 Å². The smallest absolute Gasteiger partial charge is 0.206 e. The van der Waals surface area contributed by atoms with Gasteiger partial charge in [-0.15, -0.1) is 0 Å². The summed E-state index contributed by atoms with van der Waals surface area (Å²) < 4.78 is 7.81. The molecular weight excluding hydrogens is 312 g/mol. The van der Waals surface area contributed by atoms with Gasteiger partial charge in [0.15, 0.2) is 0 Å². The van der Waals surface area contributed by atoms with Gasteiger partial charge in [-0.1, -0.05) is 25.1 Å². The molecule has 1 saturated heterocycles. The molecule has 1 aromatic carbocycles. The highest BCUT2D eigenvalue weighted by atomic mass is 16.5. The fraction of sp³-hybridized carbons (Fsp3) is 0.400.